The van der Waals surface area contributed by atoms with E-state index in [1.54, 1.807) is 13.0 Å². The second-order valence-electron chi connectivity index (χ2n) is 13.4. The largest absolute Gasteiger partial charge is 0.489 e. The van der Waals surface area contributed by atoms with Gasteiger partial charge in [-0.05, 0) is 75.6 Å². The molecule has 3 aliphatic heterocycles. The van der Waals surface area contributed by atoms with Gasteiger partial charge in [0.1, 0.15) is 30.2 Å². The van der Waals surface area contributed by atoms with Crippen molar-refractivity contribution in [3.63, 3.8) is 0 Å². The number of furan rings is 1. The number of nitrogens with one attached hydrogen (secondary N) is 2. The average molecular weight is 641 g/mol. The van der Waals surface area contributed by atoms with Crippen LogP contribution in [-0.2, 0) is 27.4 Å². The summed E-state index contributed by atoms with van der Waals surface area (Å²) in [6.45, 7) is 7.28. The second-order valence-corrected chi connectivity index (χ2v) is 13.4. The van der Waals surface area contributed by atoms with Crippen LogP contribution < -0.4 is 15.4 Å². The Balaban J connectivity index is 1.19. The van der Waals surface area contributed by atoms with E-state index in [2.05, 4.69) is 10.6 Å². The SMILES string of the molecule is Cc1ccc(OCc2cc(C(=O)N3C[C@@H]4C[C@H](C3)[C@@H]3CCCC(=O)N[C@H](C)C(=O)N[C@@H](Cc5ccccc5)C(=O)N3C4)oc2C)cc1. The van der Waals surface area contributed by atoms with Crippen LogP contribution in [0.4, 0.5) is 0 Å². The maximum Gasteiger partial charge on any atom is 0.289 e. The van der Waals surface area contributed by atoms with E-state index in [1.807, 2.05) is 78.2 Å². The second kappa shape index (κ2) is 14.0. The topological polar surface area (TPSA) is 121 Å². The number of carbonyl (C=O) groups is 4. The molecule has 3 aromatic rings. The Morgan fingerprint density at radius 1 is 0.979 bits per heavy atom. The molecule has 4 heterocycles. The quantitative estimate of drug-likeness (QED) is 0.417. The predicted octanol–water partition coefficient (Wildman–Crippen LogP) is 4.18. The van der Waals surface area contributed by atoms with E-state index < -0.39 is 12.1 Å². The number of amides is 4. The Labute approximate surface area is 275 Å². The standard InChI is InChI=1S/C37H44N4O6/c1-23-12-14-30(15-13-23)46-22-29-18-33(47-25(29)3)37(45)40-19-27-16-28(21-40)32-10-7-11-34(42)38-24(2)35(43)39-31(36(44)41(32)20-27)17-26-8-5-4-6-9-26/h4-6,8-9,12-15,18,24,27-28,31-32H,7,10-11,16-17,19-22H2,1-3H3,(H,38,42)(H,39,43)/t24-,27+,28-,31+,32+/m1/s1. The highest BCUT2D eigenvalue weighted by molar-refractivity contribution is 5.93. The maximum atomic E-state index is 14.3. The van der Waals surface area contributed by atoms with Crippen LogP contribution in [0, 0.1) is 25.7 Å². The lowest BCUT2D eigenvalue weighted by Gasteiger charge is -2.51. The first-order valence-electron chi connectivity index (χ1n) is 16.7. The number of ether oxygens (including phenoxy) is 1. The van der Waals surface area contributed by atoms with Crippen molar-refractivity contribution in [1.29, 1.82) is 0 Å². The van der Waals surface area contributed by atoms with Crippen molar-refractivity contribution in [3.8, 4) is 5.75 Å². The Bertz CT molecular complexity index is 1600. The number of hydrogen-bond acceptors (Lipinski definition) is 6. The summed E-state index contributed by atoms with van der Waals surface area (Å²) in [7, 11) is 0. The van der Waals surface area contributed by atoms with E-state index in [0.29, 0.717) is 51.3 Å². The molecule has 47 heavy (non-hydrogen) atoms. The van der Waals surface area contributed by atoms with Crippen molar-refractivity contribution in [2.75, 3.05) is 19.6 Å². The normalized spacial score (nSPS) is 25.2. The van der Waals surface area contributed by atoms with Crippen LogP contribution in [0.25, 0.3) is 0 Å². The van der Waals surface area contributed by atoms with Crippen LogP contribution >= 0.6 is 0 Å². The van der Waals surface area contributed by atoms with Crippen molar-refractivity contribution in [2.24, 2.45) is 11.8 Å². The predicted molar refractivity (Wildman–Crippen MR) is 175 cm³/mol. The number of benzene rings is 2. The first kappa shape index (κ1) is 32.3. The van der Waals surface area contributed by atoms with Crippen molar-refractivity contribution >= 4 is 23.6 Å². The van der Waals surface area contributed by atoms with Gasteiger partial charge >= 0.3 is 0 Å². The summed E-state index contributed by atoms with van der Waals surface area (Å²) in [4.78, 5) is 57.8. The zero-order chi connectivity index (χ0) is 33.1. The third-order valence-electron chi connectivity index (χ3n) is 9.76. The van der Waals surface area contributed by atoms with Crippen LogP contribution in [0.2, 0.25) is 0 Å². The van der Waals surface area contributed by atoms with E-state index >= 15 is 0 Å². The molecule has 10 heteroatoms. The van der Waals surface area contributed by atoms with Crippen molar-refractivity contribution in [2.45, 2.75) is 77.6 Å². The molecule has 2 aromatic carbocycles. The number of rotatable bonds is 6. The van der Waals surface area contributed by atoms with E-state index in [4.69, 9.17) is 9.15 Å². The van der Waals surface area contributed by atoms with Crippen molar-refractivity contribution < 1.29 is 28.3 Å². The van der Waals surface area contributed by atoms with Gasteiger partial charge < -0.3 is 29.6 Å². The molecule has 0 saturated carbocycles. The Morgan fingerprint density at radius 2 is 1.74 bits per heavy atom. The minimum absolute atomic E-state index is 0.0359. The van der Waals surface area contributed by atoms with Crippen LogP contribution in [0.1, 0.15) is 65.6 Å². The molecule has 3 fully saturated rings. The lowest BCUT2D eigenvalue weighted by atomic mass is 9.77. The molecule has 6 rings (SSSR count). The first-order valence-corrected chi connectivity index (χ1v) is 16.7. The molecule has 2 bridgehead atoms. The Kier molecular flexibility index (Phi) is 9.66. The van der Waals surface area contributed by atoms with Gasteiger partial charge in [0.15, 0.2) is 5.76 Å². The molecule has 10 nitrogen and oxygen atoms in total. The van der Waals surface area contributed by atoms with E-state index in [1.165, 1.54) is 0 Å². The van der Waals surface area contributed by atoms with Gasteiger partial charge in [0.2, 0.25) is 17.7 Å². The molecule has 0 aliphatic carbocycles. The number of aryl methyl sites for hydroxylation is 2. The lowest BCUT2D eigenvalue weighted by molar-refractivity contribution is -0.145. The average Bonchev–Trinajstić information content (AvgIpc) is 3.44. The number of hydrogen-bond donors (Lipinski definition) is 2. The molecule has 0 spiro atoms. The molecule has 4 amide bonds. The van der Waals surface area contributed by atoms with Gasteiger partial charge in [-0.2, -0.15) is 0 Å². The van der Waals surface area contributed by atoms with Crippen molar-refractivity contribution in [3.05, 3.63) is 88.9 Å². The fraction of sp³-hybridized carbons (Fsp3) is 0.459. The fourth-order valence-electron chi connectivity index (χ4n) is 7.25. The highest BCUT2D eigenvalue weighted by Crippen LogP contribution is 2.37. The summed E-state index contributed by atoms with van der Waals surface area (Å²) in [6, 6.07) is 17.6. The minimum atomic E-state index is -0.769. The molecule has 0 unspecified atom stereocenters. The summed E-state index contributed by atoms with van der Waals surface area (Å²) in [6.07, 6.45) is 2.72. The summed E-state index contributed by atoms with van der Waals surface area (Å²) in [5.74, 6) is 0.963. The van der Waals surface area contributed by atoms with Crippen molar-refractivity contribution in [1.82, 2.24) is 20.4 Å². The smallest absolute Gasteiger partial charge is 0.289 e. The highest BCUT2D eigenvalue weighted by Gasteiger charge is 2.45. The third-order valence-corrected chi connectivity index (χ3v) is 9.76. The molecule has 1 aromatic heterocycles. The fourth-order valence-corrected chi connectivity index (χ4v) is 7.25. The molecule has 5 atom stereocenters. The van der Waals surface area contributed by atoms with Gasteiger partial charge in [-0.25, -0.2) is 0 Å². The van der Waals surface area contributed by atoms with Gasteiger partial charge in [0.25, 0.3) is 5.91 Å². The zero-order valence-corrected chi connectivity index (χ0v) is 27.4. The summed E-state index contributed by atoms with van der Waals surface area (Å²) >= 11 is 0. The third kappa shape index (κ3) is 7.53. The van der Waals surface area contributed by atoms with Gasteiger partial charge in [0.05, 0.1) is 0 Å². The number of fused-ring (bicyclic) bond motifs is 4. The maximum absolute atomic E-state index is 14.3. The van der Waals surface area contributed by atoms with Crippen LogP contribution in [0.3, 0.4) is 0 Å². The molecule has 2 N–H and O–H groups in total. The van der Waals surface area contributed by atoms with Gasteiger partial charge in [-0.1, -0.05) is 48.0 Å². The monoisotopic (exact) mass is 640 g/mol. The van der Waals surface area contributed by atoms with Gasteiger partial charge in [0, 0.05) is 44.1 Å². The molecule has 248 valence electrons. The zero-order valence-electron chi connectivity index (χ0n) is 27.4. The van der Waals surface area contributed by atoms with Gasteiger partial charge in [-0.3, -0.25) is 19.2 Å². The Hall–Kier alpha value is -4.60. The molecule has 3 saturated heterocycles. The summed E-state index contributed by atoms with van der Waals surface area (Å²) in [5, 5.41) is 5.73. The number of likely N-dealkylation sites (tertiary alicyclic amines) is 1. The number of nitrogens with zero attached hydrogens (tertiary/aromatic N) is 2. The van der Waals surface area contributed by atoms with Crippen LogP contribution in [0.5, 0.6) is 5.75 Å². The lowest BCUT2D eigenvalue weighted by Crippen LogP contribution is -2.63. The highest BCUT2D eigenvalue weighted by atomic mass is 16.5. The summed E-state index contributed by atoms with van der Waals surface area (Å²) < 4.78 is 11.9. The number of carbonyl (C=O) groups excluding carboxylic acids is 4. The molecule has 0 radical (unpaired) electrons. The number of piperidine rings is 2. The van der Waals surface area contributed by atoms with E-state index in [9.17, 15) is 19.2 Å². The first-order chi connectivity index (χ1) is 22.6. The molecule has 3 aliphatic rings. The minimum Gasteiger partial charge on any atom is -0.489 e. The van der Waals surface area contributed by atoms with E-state index in [0.717, 1.165) is 28.9 Å². The van der Waals surface area contributed by atoms with Gasteiger partial charge in [-0.15, -0.1) is 0 Å². The Morgan fingerprint density at radius 3 is 2.51 bits per heavy atom. The summed E-state index contributed by atoms with van der Waals surface area (Å²) in [5.41, 5.74) is 2.91. The van der Waals surface area contributed by atoms with E-state index in [-0.39, 0.29) is 53.7 Å². The van der Waals surface area contributed by atoms with Crippen LogP contribution in [0.15, 0.2) is 65.1 Å². The molecular weight excluding hydrogens is 596 g/mol. The van der Waals surface area contributed by atoms with Crippen LogP contribution in [-0.4, -0.2) is 71.2 Å². The molecular formula is C37H44N4O6.